The Morgan fingerprint density at radius 3 is 1.60 bits per heavy atom. The van der Waals surface area contributed by atoms with E-state index in [9.17, 15) is 5.11 Å². The predicted molar refractivity (Wildman–Crippen MR) is 181 cm³/mol. The Kier molecular flexibility index (Phi) is 9.48. The van der Waals surface area contributed by atoms with Crippen molar-refractivity contribution in [2.24, 2.45) is 0 Å². The van der Waals surface area contributed by atoms with Crippen molar-refractivity contribution >= 4 is 46.3 Å². The van der Waals surface area contributed by atoms with Gasteiger partial charge in [0.1, 0.15) is 0 Å². The van der Waals surface area contributed by atoms with E-state index in [2.05, 4.69) is 103 Å². The highest BCUT2D eigenvalue weighted by atomic mass is 32.2. The third kappa shape index (κ3) is 6.10. The van der Waals surface area contributed by atoms with Crippen LogP contribution in [0.2, 0.25) is 0 Å². The normalized spacial score (nSPS) is 13.4. The smallest absolute Gasteiger partial charge is 0.0682 e. The maximum absolute atomic E-state index is 9.81. The molecule has 4 aromatic carbocycles. The SMILES string of the molecule is CCCCCCN1c2ccccc2Sc2cc(-c3ccc4c(c3)Sc3cc(CO)ccc3N4CCCCCC)ccc21. The summed E-state index contributed by atoms with van der Waals surface area (Å²) >= 11 is 3.73. The third-order valence-electron chi connectivity index (χ3n) is 8.40. The molecule has 0 aliphatic carbocycles. The van der Waals surface area contributed by atoms with Crippen molar-refractivity contribution in [3.05, 3.63) is 84.4 Å². The minimum Gasteiger partial charge on any atom is -0.392 e. The minimum absolute atomic E-state index is 0.0722. The van der Waals surface area contributed by atoms with Gasteiger partial charge in [-0.15, -0.1) is 0 Å². The number of aliphatic hydroxyl groups excluding tert-OH is 1. The second kappa shape index (κ2) is 13.6. The molecule has 0 unspecified atom stereocenters. The number of anilines is 4. The summed E-state index contributed by atoms with van der Waals surface area (Å²) in [7, 11) is 0. The molecule has 3 nitrogen and oxygen atoms in total. The van der Waals surface area contributed by atoms with Gasteiger partial charge in [0, 0.05) is 32.7 Å². The van der Waals surface area contributed by atoms with E-state index in [4.69, 9.17) is 0 Å². The number of hydrogen-bond acceptors (Lipinski definition) is 5. The average molecular weight is 595 g/mol. The van der Waals surface area contributed by atoms with Crippen molar-refractivity contribution in [2.45, 2.75) is 91.4 Å². The second-order valence-corrected chi connectivity index (χ2v) is 13.6. The van der Waals surface area contributed by atoms with Crippen LogP contribution in [0.15, 0.2) is 98.4 Å². The zero-order valence-corrected chi connectivity index (χ0v) is 26.6. The standard InChI is InChI=1S/C37H42N2OS2/c1-3-5-7-11-21-38-30-13-9-10-14-34(30)41-36-24-28(16-19-32(36)38)29-17-20-33-37(25-29)42-35-23-27(26-40)15-18-31(35)39(33)22-12-8-6-4-2/h9-10,13-20,23-25,40H,3-8,11-12,21-22,26H2,1-2H3. The quantitative estimate of drug-likeness (QED) is 0.165. The van der Waals surface area contributed by atoms with E-state index in [1.807, 2.05) is 23.5 Å². The Balaban J connectivity index is 1.31. The summed E-state index contributed by atoms with van der Waals surface area (Å²) in [6.07, 6.45) is 10.0. The van der Waals surface area contributed by atoms with Crippen molar-refractivity contribution in [3.63, 3.8) is 0 Å². The molecule has 0 aromatic heterocycles. The summed E-state index contributed by atoms with van der Waals surface area (Å²) in [5, 5.41) is 9.81. The molecule has 0 spiro atoms. The van der Waals surface area contributed by atoms with Gasteiger partial charge in [0.2, 0.25) is 0 Å². The first-order valence-electron chi connectivity index (χ1n) is 15.7. The fourth-order valence-corrected chi connectivity index (χ4v) is 8.43. The summed E-state index contributed by atoms with van der Waals surface area (Å²) in [5.41, 5.74) is 8.71. The number of benzene rings is 4. The highest BCUT2D eigenvalue weighted by Crippen LogP contribution is 2.52. The Morgan fingerprint density at radius 2 is 1.02 bits per heavy atom. The van der Waals surface area contributed by atoms with Crippen LogP contribution in [0.1, 0.15) is 70.8 Å². The fraction of sp³-hybridized carbons (Fsp3) is 0.351. The number of aliphatic hydroxyl groups is 1. The molecule has 0 bridgehead atoms. The number of unbranched alkanes of at least 4 members (excludes halogenated alkanes) is 6. The zero-order chi connectivity index (χ0) is 28.9. The molecular weight excluding hydrogens is 553 g/mol. The van der Waals surface area contributed by atoms with Gasteiger partial charge in [-0.05, 0) is 78.1 Å². The largest absolute Gasteiger partial charge is 0.392 e. The number of nitrogens with zero attached hydrogens (tertiary/aromatic N) is 2. The molecule has 0 saturated heterocycles. The van der Waals surface area contributed by atoms with Gasteiger partial charge in [-0.1, -0.05) is 106 Å². The lowest BCUT2D eigenvalue weighted by molar-refractivity contribution is 0.281. The molecule has 1 N–H and O–H groups in total. The Hall–Kier alpha value is -2.86. The highest BCUT2D eigenvalue weighted by molar-refractivity contribution is 8.00. The molecule has 2 aliphatic rings. The maximum atomic E-state index is 9.81. The van der Waals surface area contributed by atoms with E-state index >= 15 is 0 Å². The van der Waals surface area contributed by atoms with E-state index in [0.717, 1.165) is 18.7 Å². The molecule has 2 aliphatic heterocycles. The monoisotopic (exact) mass is 594 g/mol. The summed E-state index contributed by atoms with van der Waals surface area (Å²) in [4.78, 5) is 10.2. The minimum atomic E-state index is 0.0722. The summed E-state index contributed by atoms with van der Waals surface area (Å²) in [5.74, 6) is 0. The van der Waals surface area contributed by atoms with Gasteiger partial charge in [0.15, 0.2) is 0 Å². The Bertz CT molecular complexity index is 1530. The van der Waals surface area contributed by atoms with Crippen LogP contribution in [0.5, 0.6) is 0 Å². The van der Waals surface area contributed by atoms with Gasteiger partial charge in [-0.25, -0.2) is 0 Å². The van der Waals surface area contributed by atoms with E-state index in [-0.39, 0.29) is 6.61 Å². The van der Waals surface area contributed by atoms with Crippen LogP contribution >= 0.6 is 23.5 Å². The molecule has 0 radical (unpaired) electrons. The predicted octanol–water partition coefficient (Wildman–Crippen LogP) is 11.2. The van der Waals surface area contributed by atoms with Gasteiger partial charge in [-0.2, -0.15) is 0 Å². The fourth-order valence-electron chi connectivity index (χ4n) is 6.10. The zero-order valence-electron chi connectivity index (χ0n) is 24.9. The molecular formula is C37H42N2OS2. The molecule has 0 atom stereocenters. The Morgan fingerprint density at radius 1 is 0.524 bits per heavy atom. The van der Waals surface area contributed by atoms with Crippen LogP contribution in [-0.4, -0.2) is 18.2 Å². The van der Waals surface area contributed by atoms with Crippen molar-refractivity contribution in [3.8, 4) is 11.1 Å². The number of fused-ring (bicyclic) bond motifs is 4. The second-order valence-electron chi connectivity index (χ2n) is 11.4. The van der Waals surface area contributed by atoms with Crippen LogP contribution in [0, 0.1) is 0 Å². The molecule has 0 fully saturated rings. The average Bonchev–Trinajstić information content (AvgIpc) is 3.03. The Labute approximate surface area is 260 Å². The van der Waals surface area contributed by atoms with E-state index < -0.39 is 0 Å². The topological polar surface area (TPSA) is 26.7 Å². The number of rotatable bonds is 12. The molecule has 6 rings (SSSR count). The first-order valence-corrected chi connectivity index (χ1v) is 17.4. The van der Waals surface area contributed by atoms with Crippen LogP contribution in [0.25, 0.3) is 11.1 Å². The van der Waals surface area contributed by atoms with Gasteiger partial charge in [0.25, 0.3) is 0 Å². The lowest BCUT2D eigenvalue weighted by Crippen LogP contribution is -2.22. The first kappa shape index (κ1) is 29.2. The van der Waals surface area contributed by atoms with Gasteiger partial charge in [-0.3, -0.25) is 0 Å². The van der Waals surface area contributed by atoms with Crippen molar-refractivity contribution in [1.82, 2.24) is 0 Å². The number of para-hydroxylation sites is 1. The molecule has 0 amide bonds. The maximum Gasteiger partial charge on any atom is 0.0682 e. The lowest BCUT2D eigenvalue weighted by Gasteiger charge is -2.34. The summed E-state index contributed by atoms with van der Waals surface area (Å²) in [6.45, 7) is 6.69. The van der Waals surface area contributed by atoms with Crippen LogP contribution in [-0.2, 0) is 6.61 Å². The van der Waals surface area contributed by atoms with Crippen molar-refractivity contribution in [2.75, 3.05) is 22.9 Å². The van der Waals surface area contributed by atoms with Crippen LogP contribution < -0.4 is 9.80 Å². The molecule has 5 heteroatoms. The van der Waals surface area contributed by atoms with Gasteiger partial charge < -0.3 is 14.9 Å². The lowest BCUT2D eigenvalue weighted by atomic mass is 10.0. The van der Waals surface area contributed by atoms with Crippen molar-refractivity contribution in [1.29, 1.82) is 0 Å². The van der Waals surface area contributed by atoms with Gasteiger partial charge >= 0.3 is 0 Å². The van der Waals surface area contributed by atoms with Gasteiger partial charge in [0.05, 0.1) is 29.4 Å². The highest BCUT2D eigenvalue weighted by Gasteiger charge is 2.26. The van der Waals surface area contributed by atoms with E-state index in [0.29, 0.717) is 0 Å². The molecule has 4 aromatic rings. The third-order valence-corrected chi connectivity index (χ3v) is 10.6. The van der Waals surface area contributed by atoms with Crippen LogP contribution in [0.4, 0.5) is 22.7 Å². The molecule has 0 saturated carbocycles. The van der Waals surface area contributed by atoms with E-state index in [1.54, 1.807) is 0 Å². The van der Waals surface area contributed by atoms with Crippen LogP contribution in [0.3, 0.4) is 0 Å². The summed E-state index contributed by atoms with van der Waals surface area (Å²) < 4.78 is 0. The molecule has 218 valence electrons. The first-order chi connectivity index (χ1) is 20.7. The molecule has 42 heavy (non-hydrogen) atoms. The molecule has 2 heterocycles. The number of hydrogen-bond donors (Lipinski definition) is 1. The summed E-state index contributed by atoms with van der Waals surface area (Å²) in [6, 6.07) is 29.3. The van der Waals surface area contributed by atoms with Crippen molar-refractivity contribution < 1.29 is 5.11 Å². The van der Waals surface area contributed by atoms with E-state index in [1.165, 1.54) is 105 Å².